The first-order chi connectivity index (χ1) is 12.1. The van der Waals surface area contributed by atoms with Crippen molar-refractivity contribution >= 4 is 17.6 Å². The van der Waals surface area contributed by atoms with Crippen molar-refractivity contribution in [3.8, 4) is 11.3 Å². The summed E-state index contributed by atoms with van der Waals surface area (Å²) in [6.45, 7) is 1.79. The maximum absolute atomic E-state index is 11.1. The molecule has 0 amide bonds. The van der Waals surface area contributed by atoms with Gasteiger partial charge in [-0.2, -0.15) is 0 Å². The number of nitrogens with one attached hydrogen (secondary N) is 2. The zero-order chi connectivity index (χ0) is 17.8. The van der Waals surface area contributed by atoms with Gasteiger partial charge in [0.1, 0.15) is 17.7 Å². The van der Waals surface area contributed by atoms with Crippen LogP contribution in [0, 0.1) is 22.4 Å². The Bertz CT molecular complexity index is 961. The summed E-state index contributed by atoms with van der Waals surface area (Å²) in [5.41, 5.74) is 2.68. The molecule has 0 aliphatic carbocycles. The molecule has 25 heavy (non-hydrogen) atoms. The molecule has 0 fully saturated rings. The molecule has 2 N–H and O–H groups in total. The first kappa shape index (κ1) is 16.3. The van der Waals surface area contributed by atoms with Crippen molar-refractivity contribution in [1.82, 2.24) is 15.0 Å². The monoisotopic (exact) mass is 333 g/mol. The standard InChI is InChI=1S/C18H15N5O2/c1-12-17(14-8-5-11-20-18(14)23(24)25)22-16(21-12)10-9-15(19)13-6-3-2-4-7-13/h2-11,19H,1H3,(H,21,22)/b10-9-,19-15?. The Labute approximate surface area is 143 Å². The third kappa shape index (κ3) is 3.50. The van der Waals surface area contributed by atoms with Gasteiger partial charge >= 0.3 is 5.82 Å². The van der Waals surface area contributed by atoms with E-state index in [2.05, 4.69) is 15.0 Å². The summed E-state index contributed by atoms with van der Waals surface area (Å²) >= 11 is 0. The molecule has 0 radical (unpaired) electrons. The summed E-state index contributed by atoms with van der Waals surface area (Å²) in [4.78, 5) is 21.9. The molecule has 3 aromatic rings. The number of nitrogens with zero attached hydrogens (tertiary/aromatic N) is 3. The molecule has 0 spiro atoms. The van der Waals surface area contributed by atoms with E-state index < -0.39 is 4.92 Å². The van der Waals surface area contributed by atoms with Crippen LogP contribution in [-0.2, 0) is 0 Å². The number of rotatable bonds is 5. The van der Waals surface area contributed by atoms with Crippen molar-refractivity contribution in [1.29, 1.82) is 5.41 Å². The molecule has 0 aliphatic rings. The molecule has 0 saturated heterocycles. The Kier molecular flexibility index (Phi) is 4.47. The van der Waals surface area contributed by atoms with Gasteiger partial charge < -0.3 is 20.5 Å². The molecule has 7 nitrogen and oxygen atoms in total. The molecule has 1 aromatic carbocycles. The average Bonchev–Trinajstić information content (AvgIpc) is 3.01. The molecular weight excluding hydrogens is 318 g/mol. The van der Waals surface area contributed by atoms with Crippen molar-refractivity contribution in [2.75, 3.05) is 0 Å². The fourth-order valence-corrected chi connectivity index (χ4v) is 2.43. The highest BCUT2D eigenvalue weighted by Crippen LogP contribution is 2.28. The number of hydrogen-bond donors (Lipinski definition) is 2. The van der Waals surface area contributed by atoms with Crippen molar-refractivity contribution in [3.63, 3.8) is 0 Å². The molecule has 7 heteroatoms. The number of H-pyrrole nitrogens is 1. The topological polar surface area (TPSA) is 109 Å². The van der Waals surface area contributed by atoms with Gasteiger partial charge in [-0.3, -0.25) is 0 Å². The fraction of sp³-hybridized carbons (Fsp3) is 0.0556. The zero-order valence-electron chi connectivity index (χ0n) is 13.4. The third-order valence-corrected chi connectivity index (χ3v) is 3.61. The molecule has 3 rings (SSSR count). The van der Waals surface area contributed by atoms with Crippen molar-refractivity contribution < 1.29 is 4.92 Å². The molecule has 124 valence electrons. The first-order valence-corrected chi connectivity index (χ1v) is 7.54. The lowest BCUT2D eigenvalue weighted by Gasteiger charge is -1.99. The maximum atomic E-state index is 11.1. The van der Waals surface area contributed by atoms with Gasteiger partial charge in [0.05, 0.1) is 11.3 Å². The molecule has 0 atom stereocenters. The minimum atomic E-state index is -0.524. The van der Waals surface area contributed by atoms with Crippen LogP contribution in [0.1, 0.15) is 17.1 Å². The molecule has 0 unspecified atom stereocenters. The SMILES string of the molecule is Cc1[nH]c(/C=C\C(=N)c2ccccc2)nc1-c1cccnc1[N+](=O)[O-]. The maximum Gasteiger partial charge on any atom is 0.372 e. The van der Waals surface area contributed by atoms with Gasteiger partial charge in [0, 0.05) is 5.69 Å². The highest BCUT2D eigenvalue weighted by Gasteiger charge is 2.20. The summed E-state index contributed by atoms with van der Waals surface area (Å²) in [5, 5.41) is 19.2. The average molecular weight is 333 g/mol. The van der Waals surface area contributed by atoms with Gasteiger partial charge in [-0.1, -0.05) is 30.3 Å². The van der Waals surface area contributed by atoms with Crippen LogP contribution < -0.4 is 0 Å². The van der Waals surface area contributed by atoms with E-state index in [-0.39, 0.29) is 5.82 Å². The van der Waals surface area contributed by atoms with Crippen LogP contribution in [0.25, 0.3) is 17.3 Å². The van der Waals surface area contributed by atoms with Crippen LogP contribution in [0.2, 0.25) is 0 Å². The van der Waals surface area contributed by atoms with Gasteiger partial charge in [-0.15, -0.1) is 0 Å². The Morgan fingerprint density at radius 3 is 2.72 bits per heavy atom. The Morgan fingerprint density at radius 1 is 1.24 bits per heavy atom. The number of benzene rings is 1. The third-order valence-electron chi connectivity index (χ3n) is 3.61. The molecule has 0 saturated carbocycles. The second-order valence-electron chi connectivity index (χ2n) is 5.34. The van der Waals surface area contributed by atoms with Crippen LogP contribution in [0.4, 0.5) is 5.82 Å². The van der Waals surface area contributed by atoms with Gasteiger partial charge in [-0.05, 0) is 46.7 Å². The van der Waals surface area contributed by atoms with Crippen molar-refractivity contribution in [3.05, 3.63) is 81.9 Å². The normalized spacial score (nSPS) is 10.9. The highest BCUT2D eigenvalue weighted by atomic mass is 16.6. The minimum absolute atomic E-state index is 0.232. The van der Waals surface area contributed by atoms with E-state index >= 15 is 0 Å². The summed E-state index contributed by atoms with van der Waals surface area (Å²) in [6.07, 6.45) is 4.69. The number of hydrogen-bond acceptors (Lipinski definition) is 5. The van der Waals surface area contributed by atoms with Crippen molar-refractivity contribution in [2.45, 2.75) is 6.92 Å². The van der Waals surface area contributed by atoms with Gasteiger partial charge in [0.2, 0.25) is 0 Å². The quantitative estimate of drug-likeness (QED) is 0.421. The largest absolute Gasteiger partial charge is 0.372 e. The van der Waals surface area contributed by atoms with Crippen LogP contribution >= 0.6 is 0 Å². The van der Waals surface area contributed by atoms with E-state index in [0.29, 0.717) is 28.5 Å². The molecular formula is C18H15N5O2. The summed E-state index contributed by atoms with van der Waals surface area (Å²) in [6, 6.07) is 12.6. The lowest BCUT2D eigenvalue weighted by atomic mass is 10.1. The Morgan fingerprint density at radius 2 is 2.00 bits per heavy atom. The lowest BCUT2D eigenvalue weighted by molar-refractivity contribution is -0.388. The number of nitro groups is 1. The van der Waals surface area contributed by atoms with Crippen LogP contribution in [0.15, 0.2) is 54.7 Å². The molecule has 2 heterocycles. The Balaban J connectivity index is 1.90. The second kappa shape index (κ2) is 6.88. The Hall–Kier alpha value is -3.61. The summed E-state index contributed by atoms with van der Waals surface area (Å²) in [5.74, 6) is 0.288. The van der Waals surface area contributed by atoms with E-state index in [4.69, 9.17) is 5.41 Å². The number of aromatic nitrogens is 3. The number of pyridine rings is 1. The van der Waals surface area contributed by atoms with Gasteiger partial charge in [0.15, 0.2) is 0 Å². The predicted octanol–water partition coefficient (Wildman–Crippen LogP) is 3.77. The number of aryl methyl sites for hydroxylation is 1. The lowest BCUT2D eigenvalue weighted by Crippen LogP contribution is -1.95. The fourth-order valence-electron chi connectivity index (χ4n) is 2.43. The summed E-state index contributed by atoms with van der Waals surface area (Å²) < 4.78 is 0. The van der Waals surface area contributed by atoms with E-state index in [0.717, 1.165) is 5.56 Å². The van der Waals surface area contributed by atoms with Crippen molar-refractivity contribution in [2.24, 2.45) is 0 Å². The second-order valence-corrected chi connectivity index (χ2v) is 5.34. The number of allylic oxidation sites excluding steroid dienone is 1. The van der Waals surface area contributed by atoms with Crippen LogP contribution in [0.5, 0.6) is 0 Å². The van der Waals surface area contributed by atoms with E-state index in [9.17, 15) is 10.1 Å². The zero-order valence-corrected chi connectivity index (χ0v) is 13.4. The first-order valence-electron chi connectivity index (χ1n) is 7.54. The number of imidazole rings is 1. The van der Waals surface area contributed by atoms with Crippen LogP contribution in [-0.4, -0.2) is 25.6 Å². The molecule has 2 aromatic heterocycles. The van der Waals surface area contributed by atoms with E-state index in [1.54, 1.807) is 31.2 Å². The van der Waals surface area contributed by atoms with E-state index in [1.165, 1.54) is 6.20 Å². The summed E-state index contributed by atoms with van der Waals surface area (Å²) in [7, 11) is 0. The molecule has 0 bridgehead atoms. The van der Waals surface area contributed by atoms with Gasteiger partial charge in [-0.25, -0.2) is 4.98 Å². The van der Waals surface area contributed by atoms with Gasteiger partial charge in [0.25, 0.3) is 0 Å². The predicted molar refractivity (Wildman–Crippen MR) is 95.5 cm³/mol. The highest BCUT2D eigenvalue weighted by molar-refractivity contribution is 6.08. The molecule has 0 aliphatic heterocycles. The van der Waals surface area contributed by atoms with Crippen LogP contribution in [0.3, 0.4) is 0 Å². The minimum Gasteiger partial charge on any atom is -0.358 e. The number of aromatic amines is 1. The van der Waals surface area contributed by atoms with E-state index in [1.807, 2.05) is 30.3 Å². The smallest absolute Gasteiger partial charge is 0.358 e.